The van der Waals surface area contributed by atoms with Crippen LogP contribution in [-0.2, 0) is 22.7 Å². The fraction of sp³-hybridized carbons (Fsp3) is 0.304. The van der Waals surface area contributed by atoms with Crippen LogP contribution in [0.4, 0.5) is 40.8 Å². The number of alkyl halides is 4. The zero-order valence-corrected chi connectivity index (χ0v) is 20.8. The smallest absolute Gasteiger partial charge is 0.365 e. The Morgan fingerprint density at radius 2 is 1.82 bits per heavy atom. The van der Waals surface area contributed by atoms with Crippen molar-refractivity contribution in [2.24, 2.45) is 0 Å². The Balaban J connectivity index is 1.52. The molecule has 0 unspecified atom stereocenters. The standard InChI is InChI=1S/C23H23F4N7O3S/c1-2-38(36,37)33-19-15(4-3-9-28-19)10-29-20-18(23(25,26)27)11-30-22(32-20)31-17-7-5-14(6-8-17)21(35)34-12-16(24)13-34/h3-9,11,16H,2,10,12-13H2,1H3,(H,28,33)(H2,29,30,31,32). The number of sulfonamides is 1. The van der Waals surface area contributed by atoms with E-state index in [1.165, 1.54) is 54.4 Å². The molecule has 1 fully saturated rings. The van der Waals surface area contributed by atoms with Crippen LogP contribution in [0.2, 0.25) is 0 Å². The molecule has 10 nitrogen and oxygen atoms in total. The molecule has 1 aromatic carbocycles. The summed E-state index contributed by atoms with van der Waals surface area (Å²) < 4.78 is 80.0. The molecule has 0 saturated carbocycles. The van der Waals surface area contributed by atoms with Crippen molar-refractivity contribution in [3.63, 3.8) is 0 Å². The van der Waals surface area contributed by atoms with E-state index in [0.29, 0.717) is 23.0 Å². The molecule has 3 heterocycles. The second-order valence-electron chi connectivity index (χ2n) is 8.33. The number of carbonyl (C=O) groups excluding carboxylic acids is 1. The molecule has 2 aromatic heterocycles. The van der Waals surface area contributed by atoms with Crippen LogP contribution in [0.25, 0.3) is 0 Å². The second kappa shape index (κ2) is 10.8. The lowest BCUT2D eigenvalue weighted by atomic mass is 10.1. The topological polar surface area (TPSA) is 129 Å². The zero-order valence-electron chi connectivity index (χ0n) is 20.0. The molecule has 0 atom stereocenters. The summed E-state index contributed by atoms with van der Waals surface area (Å²) >= 11 is 0. The van der Waals surface area contributed by atoms with Gasteiger partial charge in [-0.2, -0.15) is 18.2 Å². The Morgan fingerprint density at radius 1 is 1.11 bits per heavy atom. The van der Waals surface area contributed by atoms with Crippen LogP contribution in [0.3, 0.4) is 0 Å². The number of aromatic nitrogens is 3. The van der Waals surface area contributed by atoms with Crippen LogP contribution < -0.4 is 15.4 Å². The molecule has 3 aromatic rings. The van der Waals surface area contributed by atoms with Crippen LogP contribution >= 0.6 is 0 Å². The molecule has 0 radical (unpaired) electrons. The predicted octanol–water partition coefficient (Wildman–Crippen LogP) is 3.80. The lowest BCUT2D eigenvalue weighted by molar-refractivity contribution is -0.137. The lowest BCUT2D eigenvalue weighted by Gasteiger charge is -2.34. The summed E-state index contributed by atoms with van der Waals surface area (Å²) in [7, 11) is -3.66. The Hall–Kier alpha value is -4.01. The first kappa shape index (κ1) is 27.0. The number of likely N-dealkylation sites (tertiary alicyclic amines) is 1. The first-order valence-corrected chi connectivity index (χ1v) is 13.0. The Labute approximate surface area is 215 Å². The molecule has 15 heteroatoms. The largest absolute Gasteiger partial charge is 0.421 e. The highest BCUT2D eigenvalue weighted by molar-refractivity contribution is 7.92. The monoisotopic (exact) mass is 553 g/mol. The van der Waals surface area contributed by atoms with E-state index in [2.05, 4.69) is 30.3 Å². The van der Waals surface area contributed by atoms with E-state index in [0.717, 1.165) is 0 Å². The molecule has 4 rings (SSSR count). The third kappa shape index (κ3) is 6.45. The predicted molar refractivity (Wildman–Crippen MR) is 132 cm³/mol. The number of carbonyl (C=O) groups is 1. The highest BCUT2D eigenvalue weighted by atomic mass is 32.2. The third-order valence-corrected chi connectivity index (χ3v) is 6.84. The fourth-order valence-electron chi connectivity index (χ4n) is 3.45. The molecule has 202 valence electrons. The fourth-order valence-corrected chi connectivity index (χ4v) is 4.08. The van der Waals surface area contributed by atoms with Crippen molar-refractivity contribution in [1.29, 1.82) is 0 Å². The Kier molecular flexibility index (Phi) is 7.66. The number of benzene rings is 1. The normalized spacial score (nSPS) is 14.1. The number of amides is 1. The van der Waals surface area contributed by atoms with Gasteiger partial charge in [0, 0.05) is 35.8 Å². The molecule has 0 bridgehead atoms. The van der Waals surface area contributed by atoms with Gasteiger partial charge in [0.15, 0.2) is 0 Å². The van der Waals surface area contributed by atoms with Gasteiger partial charge < -0.3 is 15.5 Å². The highest BCUT2D eigenvalue weighted by Gasteiger charge is 2.35. The molecule has 1 amide bonds. The summed E-state index contributed by atoms with van der Waals surface area (Å²) in [5.41, 5.74) is -0.0801. The van der Waals surface area contributed by atoms with Crippen molar-refractivity contribution in [2.75, 3.05) is 34.2 Å². The van der Waals surface area contributed by atoms with Crippen molar-refractivity contribution in [3.8, 4) is 0 Å². The van der Waals surface area contributed by atoms with Gasteiger partial charge in [0.2, 0.25) is 16.0 Å². The number of hydrogen-bond donors (Lipinski definition) is 3. The van der Waals surface area contributed by atoms with E-state index in [-0.39, 0.29) is 43.1 Å². The van der Waals surface area contributed by atoms with Crippen LogP contribution in [0, 0.1) is 0 Å². The number of halogens is 4. The minimum absolute atomic E-state index is 0.0160. The maximum atomic E-state index is 13.6. The highest BCUT2D eigenvalue weighted by Crippen LogP contribution is 2.34. The summed E-state index contributed by atoms with van der Waals surface area (Å²) in [6, 6.07) is 9.08. The summed E-state index contributed by atoms with van der Waals surface area (Å²) in [5.74, 6) is -1.23. The average molecular weight is 554 g/mol. The number of rotatable bonds is 9. The van der Waals surface area contributed by atoms with E-state index in [4.69, 9.17) is 0 Å². The van der Waals surface area contributed by atoms with E-state index in [1.807, 2.05) is 0 Å². The summed E-state index contributed by atoms with van der Waals surface area (Å²) in [6.07, 6.45) is -3.81. The molecule has 0 aliphatic carbocycles. The van der Waals surface area contributed by atoms with E-state index in [1.54, 1.807) is 0 Å². The van der Waals surface area contributed by atoms with Gasteiger partial charge in [0.1, 0.15) is 23.4 Å². The molecular weight excluding hydrogens is 530 g/mol. The van der Waals surface area contributed by atoms with Gasteiger partial charge in [-0.1, -0.05) is 6.07 Å². The van der Waals surface area contributed by atoms with Crippen molar-refractivity contribution in [1.82, 2.24) is 19.9 Å². The van der Waals surface area contributed by atoms with Gasteiger partial charge in [-0.05, 0) is 37.3 Å². The van der Waals surface area contributed by atoms with Crippen molar-refractivity contribution < 1.29 is 30.8 Å². The molecular formula is C23H23F4N7O3S. The SMILES string of the molecule is CCS(=O)(=O)Nc1ncccc1CNc1nc(Nc2ccc(C(=O)N3CC(F)C3)cc2)ncc1C(F)(F)F. The first-order valence-electron chi connectivity index (χ1n) is 11.4. The maximum Gasteiger partial charge on any atom is 0.421 e. The minimum atomic E-state index is -4.76. The van der Waals surface area contributed by atoms with Gasteiger partial charge in [0.05, 0.1) is 18.8 Å². The van der Waals surface area contributed by atoms with E-state index >= 15 is 0 Å². The molecule has 3 N–H and O–H groups in total. The van der Waals surface area contributed by atoms with Crippen molar-refractivity contribution >= 4 is 39.2 Å². The summed E-state index contributed by atoms with van der Waals surface area (Å²) in [6.45, 7) is 1.30. The Bertz CT molecular complexity index is 1410. The van der Waals surface area contributed by atoms with Crippen molar-refractivity contribution in [3.05, 3.63) is 65.5 Å². The van der Waals surface area contributed by atoms with E-state index < -0.39 is 33.8 Å². The van der Waals surface area contributed by atoms with Gasteiger partial charge >= 0.3 is 6.18 Å². The lowest BCUT2D eigenvalue weighted by Crippen LogP contribution is -2.51. The van der Waals surface area contributed by atoms with Gasteiger partial charge in [0.25, 0.3) is 5.91 Å². The number of hydrogen-bond acceptors (Lipinski definition) is 8. The third-order valence-electron chi connectivity index (χ3n) is 5.58. The van der Waals surface area contributed by atoms with Crippen LogP contribution in [0.5, 0.6) is 0 Å². The molecule has 38 heavy (non-hydrogen) atoms. The van der Waals surface area contributed by atoms with E-state index in [9.17, 15) is 30.8 Å². The number of nitrogens with zero attached hydrogens (tertiary/aromatic N) is 4. The van der Waals surface area contributed by atoms with Gasteiger partial charge in [-0.15, -0.1) is 0 Å². The summed E-state index contributed by atoms with van der Waals surface area (Å²) in [4.78, 5) is 25.3. The second-order valence-corrected chi connectivity index (χ2v) is 10.3. The molecule has 1 saturated heterocycles. The summed E-state index contributed by atoms with van der Waals surface area (Å²) in [5, 5.41) is 5.38. The van der Waals surface area contributed by atoms with Crippen LogP contribution in [0.15, 0.2) is 48.8 Å². The quantitative estimate of drug-likeness (QED) is 0.342. The van der Waals surface area contributed by atoms with Gasteiger partial charge in [-0.25, -0.2) is 22.8 Å². The average Bonchev–Trinajstić information content (AvgIpc) is 2.85. The number of anilines is 4. The number of pyridine rings is 1. The minimum Gasteiger partial charge on any atom is -0.365 e. The number of nitrogens with one attached hydrogen (secondary N) is 3. The van der Waals surface area contributed by atoms with Crippen LogP contribution in [-0.4, -0.2) is 59.2 Å². The molecule has 0 spiro atoms. The first-order chi connectivity index (χ1) is 17.9. The van der Waals surface area contributed by atoms with Gasteiger partial charge in [-0.3, -0.25) is 9.52 Å². The maximum absolute atomic E-state index is 13.6. The molecule has 1 aliphatic rings. The zero-order chi connectivity index (χ0) is 27.5. The Morgan fingerprint density at radius 3 is 2.45 bits per heavy atom. The van der Waals surface area contributed by atoms with Crippen molar-refractivity contribution in [2.45, 2.75) is 25.8 Å². The van der Waals surface area contributed by atoms with Crippen LogP contribution in [0.1, 0.15) is 28.4 Å². The molecule has 1 aliphatic heterocycles.